The van der Waals surface area contributed by atoms with E-state index < -0.39 is 22.6 Å². The number of methoxy groups -OCH3 is 1. The van der Waals surface area contributed by atoms with Gasteiger partial charge >= 0.3 is 5.97 Å². The first kappa shape index (κ1) is 14.3. The molecule has 1 atom stereocenters. The van der Waals surface area contributed by atoms with Crippen LogP contribution in [0.3, 0.4) is 0 Å². The lowest BCUT2D eigenvalue weighted by atomic mass is 10.2. The molecule has 1 aromatic carbocycles. The lowest BCUT2D eigenvalue weighted by molar-refractivity contribution is 0.0600. The molecule has 2 aromatic rings. The number of esters is 1. The Kier molecular flexibility index (Phi) is 4.57. The lowest BCUT2D eigenvalue weighted by Crippen LogP contribution is -2.04. The first-order chi connectivity index (χ1) is 9.60. The Labute approximate surface area is 118 Å². The molecule has 0 saturated heterocycles. The van der Waals surface area contributed by atoms with Crippen molar-refractivity contribution in [1.29, 1.82) is 0 Å². The molecule has 0 bridgehead atoms. The van der Waals surface area contributed by atoms with Crippen LogP contribution in [0.5, 0.6) is 0 Å². The molecule has 0 saturated carbocycles. The van der Waals surface area contributed by atoms with Crippen molar-refractivity contribution < 1.29 is 18.1 Å². The zero-order valence-electron chi connectivity index (χ0n) is 10.7. The van der Waals surface area contributed by atoms with Crippen molar-refractivity contribution in [2.45, 2.75) is 10.6 Å². The summed E-state index contributed by atoms with van der Waals surface area (Å²) in [6.07, 6.45) is 1.37. The predicted octanol–water partition coefficient (Wildman–Crippen LogP) is 2.32. The highest BCUT2D eigenvalue weighted by Gasteiger charge is 2.09. The number of aromatic nitrogens is 1. The van der Waals surface area contributed by atoms with E-state index in [4.69, 9.17) is 0 Å². The van der Waals surface area contributed by atoms with Gasteiger partial charge < -0.3 is 4.74 Å². The second kappa shape index (κ2) is 6.38. The molecule has 0 radical (unpaired) electrons. The summed E-state index contributed by atoms with van der Waals surface area (Å²) in [6.45, 7) is 0. The van der Waals surface area contributed by atoms with Crippen LogP contribution in [0.4, 0.5) is 4.39 Å². The summed E-state index contributed by atoms with van der Waals surface area (Å²) in [5, 5.41) is 0. The minimum atomic E-state index is -1.38. The molecule has 1 unspecified atom stereocenters. The van der Waals surface area contributed by atoms with Gasteiger partial charge in [0.2, 0.25) is 0 Å². The van der Waals surface area contributed by atoms with Gasteiger partial charge in [0.15, 0.2) is 0 Å². The fourth-order valence-corrected chi connectivity index (χ4v) is 2.66. The van der Waals surface area contributed by atoms with Crippen LogP contribution in [0, 0.1) is 5.82 Å². The third-order valence-electron chi connectivity index (χ3n) is 2.58. The van der Waals surface area contributed by atoms with E-state index in [1.807, 2.05) is 0 Å². The number of rotatable bonds is 4. The van der Waals surface area contributed by atoms with Gasteiger partial charge in [-0.2, -0.15) is 0 Å². The molecule has 1 aromatic heterocycles. The zero-order chi connectivity index (χ0) is 14.5. The number of nitrogens with zero attached hydrogens (tertiary/aromatic N) is 1. The number of benzene rings is 1. The maximum Gasteiger partial charge on any atom is 0.339 e. The fourth-order valence-electron chi connectivity index (χ4n) is 1.57. The normalized spacial score (nSPS) is 11.9. The molecule has 2 rings (SSSR count). The van der Waals surface area contributed by atoms with Crippen LogP contribution < -0.4 is 0 Å². The molecular weight excluding hydrogens is 281 g/mol. The minimum absolute atomic E-state index is 0.158. The van der Waals surface area contributed by atoms with E-state index in [0.717, 1.165) is 0 Å². The summed E-state index contributed by atoms with van der Waals surface area (Å²) in [7, 11) is -0.0955. The van der Waals surface area contributed by atoms with Gasteiger partial charge in [-0.3, -0.25) is 9.19 Å². The van der Waals surface area contributed by atoms with Gasteiger partial charge in [-0.1, -0.05) is 6.07 Å². The topological polar surface area (TPSA) is 56.3 Å². The molecule has 0 amide bonds. The molecule has 0 spiro atoms. The van der Waals surface area contributed by atoms with Crippen molar-refractivity contribution in [3.63, 3.8) is 0 Å². The second-order valence-corrected chi connectivity index (χ2v) is 5.43. The van der Waals surface area contributed by atoms with Crippen LogP contribution in [0.25, 0.3) is 0 Å². The largest absolute Gasteiger partial charge is 0.465 e. The Morgan fingerprint density at radius 2 is 2.15 bits per heavy atom. The molecule has 0 aliphatic carbocycles. The molecule has 104 valence electrons. The standard InChI is InChI=1S/C14H12FNO3S/c1-19-14(17)10-5-6-12(16-8-10)9-20(18)13-4-2-3-11(15)7-13/h2-8H,9H2,1H3. The second-order valence-electron chi connectivity index (χ2n) is 3.98. The van der Waals surface area contributed by atoms with E-state index in [9.17, 15) is 13.4 Å². The van der Waals surface area contributed by atoms with Crippen molar-refractivity contribution >= 4 is 16.8 Å². The van der Waals surface area contributed by atoms with Crippen LogP contribution in [0.15, 0.2) is 47.5 Å². The van der Waals surface area contributed by atoms with Gasteiger partial charge in [-0.05, 0) is 30.3 Å². The van der Waals surface area contributed by atoms with E-state index in [0.29, 0.717) is 16.2 Å². The van der Waals surface area contributed by atoms with Gasteiger partial charge in [0.05, 0.1) is 34.9 Å². The summed E-state index contributed by atoms with van der Waals surface area (Å²) in [4.78, 5) is 15.7. The quantitative estimate of drug-likeness (QED) is 0.812. The smallest absolute Gasteiger partial charge is 0.339 e. The SMILES string of the molecule is COC(=O)c1ccc(CS(=O)c2cccc(F)c2)nc1. The number of carbonyl (C=O) groups is 1. The first-order valence-corrected chi connectivity index (χ1v) is 7.09. The first-order valence-electron chi connectivity index (χ1n) is 5.77. The van der Waals surface area contributed by atoms with Crippen LogP contribution in [0.1, 0.15) is 16.1 Å². The maximum absolute atomic E-state index is 13.0. The lowest BCUT2D eigenvalue weighted by Gasteiger charge is -2.03. The maximum atomic E-state index is 13.0. The number of hydrogen-bond acceptors (Lipinski definition) is 4. The Morgan fingerprint density at radius 1 is 1.35 bits per heavy atom. The van der Waals surface area contributed by atoms with E-state index in [1.54, 1.807) is 18.2 Å². The summed E-state index contributed by atoms with van der Waals surface area (Å²) in [5.41, 5.74) is 0.882. The van der Waals surface area contributed by atoms with E-state index in [2.05, 4.69) is 9.72 Å². The van der Waals surface area contributed by atoms with Crippen LogP contribution in [0.2, 0.25) is 0 Å². The van der Waals surface area contributed by atoms with Gasteiger partial charge in [-0.25, -0.2) is 9.18 Å². The average Bonchev–Trinajstić information content (AvgIpc) is 2.47. The number of ether oxygens (including phenoxy) is 1. The number of halogens is 1. The van der Waals surface area contributed by atoms with Gasteiger partial charge in [-0.15, -0.1) is 0 Å². The molecule has 4 nitrogen and oxygen atoms in total. The summed E-state index contributed by atoms with van der Waals surface area (Å²) < 4.78 is 29.7. The zero-order valence-corrected chi connectivity index (χ0v) is 11.5. The monoisotopic (exact) mass is 293 g/mol. The number of carbonyl (C=O) groups excluding carboxylic acids is 1. The van der Waals surface area contributed by atoms with E-state index in [1.165, 1.54) is 31.5 Å². The van der Waals surface area contributed by atoms with Crippen molar-refractivity contribution in [2.75, 3.05) is 7.11 Å². The minimum Gasteiger partial charge on any atom is -0.465 e. The van der Waals surface area contributed by atoms with Crippen LogP contribution >= 0.6 is 0 Å². The molecular formula is C14H12FNO3S. The molecule has 0 aliphatic rings. The molecule has 1 heterocycles. The van der Waals surface area contributed by atoms with E-state index in [-0.39, 0.29) is 5.75 Å². The highest BCUT2D eigenvalue weighted by Crippen LogP contribution is 2.13. The Balaban J connectivity index is 2.10. The van der Waals surface area contributed by atoms with Crippen molar-refractivity contribution in [1.82, 2.24) is 4.98 Å². The highest BCUT2D eigenvalue weighted by atomic mass is 32.2. The summed E-state index contributed by atoms with van der Waals surface area (Å²) in [5.74, 6) is -0.745. The highest BCUT2D eigenvalue weighted by molar-refractivity contribution is 7.84. The molecule has 0 aliphatic heterocycles. The summed E-state index contributed by atoms with van der Waals surface area (Å²) >= 11 is 0. The van der Waals surface area contributed by atoms with Gasteiger partial charge in [0.25, 0.3) is 0 Å². The summed E-state index contributed by atoms with van der Waals surface area (Å²) in [6, 6.07) is 8.79. The Bertz CT molecular complexity index is 643. The molecule has 20 heavy (non-hydrogen) atoms. The van der Waals surface area contributed by atoms with Crippen LogP contribution in [-0.2, 0) is 21.3 Å². The van der Waals surface area contributed by atoms with Gasteiger partial charge in [0, 0.05) is 11.1 Å². The Morgan fingerprint density at radius 3 is 2.75 bits per heavy atom. The molecule has 6 heteroatoms. The van der Waals surface area contributed by atoms with E-state index >= 15 is 0 Å². The third kappa shape index (κ3) is 3.48. The molecule has 0 fully saturated rings. The third-order valence-corrected chi connectivity index (χ3v) is 3.92. The van der Waals surface area contributed by atoms with Crippen molar-refractivity contribution in [2.24, 2.45) is 0 Å². The molecule has 0 N–H and O–H groups in total. The van der Waals surface area contributed by atoms with Crippen molar-refractivity contribution in [3.05, 3.63) is 59.7 Å². The number of hydrogen-bond donors (Lipinski definition) is 0. The van der Waals surface area contributed by atoms with Crippen LogP contribution in [-0.4, -0.2) is 22.3 Å². The fraction of sp³-hybridized carbons (Fsp3) is 0.143. The van der Waals surface area contributed by atoms with Gasteiger partial charge in [0.1, 0.15) is 5.82 Å². The number of pyridine rings is 1. The predicted molar refractivity (Wildman–Crippen MR) is 72.1 cm³/mol. The van der Waals surface area contributed by atoms with Crippen molar-refractivity contribution in [3.8, 4) is 0 Å². The average molecular weight is 293 g/mol. The Hall–Kier alpha value is -2.08.